The third-order valence-electron chi connectivity index (χ3n) is 4.59. The van der Waals surface area contributed by atoms with Gasteiger partial charge in [-0.2, -0.15) is 0 Å². The molecule has 0 radical (unpaired) electrons. The Morgan fingerprint density at radius 1 is 0.565 bits per heavy atom. The highest BCUT2D eigenvalue weighted by Gasteiger charge is 2.04. The second-order valence-electron chi connectivity index (χ2n) is 6.13. The molecule has 0 bridgehead atoms. The highest BCUT2D eigenvalue weighted by molar-refractivity contribution is 5.72. The minimum absolute atomic E-state index is 1.09. The van der Waals surface area contributed by atoms with Gasteiger partial charge in [-0.3, -0.25) is 0 Å². The summed E-state index contributed by atoms with van der Waals surface area (Å²) in [5.41, 5.74) is 9.32. The first-order valence-electron chi connectivity index (χ1n) is 8.50. The van der Waals surface area contributed by atoms with Gasteiger partial charge in [0, 0.05) is 0 Å². The molecule has 3 rings (SSSR count). The molecular formula is C23H24. The zero-order chi connectivity index (χ0) is 16.2. The fourth-order valence-electron chi connectivity index (χ4n) is 3.04. The summed E-state index contributed by atoms with van der Waals surface area (Å²) in [5, 5.41) is 0. The van der Waals surface area contributed by atoms with E-state index in [1.807, 2.05) is 0 Å². The molecule has 0 saturated heterocycles. The molecule has 0 nitrogen and oxygen atoms in total. The van der Waals surface area contributed by atoms with E-state index in [1.54, 1.807) is 0 Å². The molecule has 0 spiro atoms. The predicted molar refractivity (Wildman–Crippen MR) is 101 cm³/mol. The summed E-state index contributed by atoms with van der Waals surface area (Å²) in [7, 11) is 0. The lowest BCUT2D eigenvalue weighted by molar-refractivity contribution is 1.13. The van der Waals surface area contributed by atoms with E-state index in [9.17, 15) is 0 Å². The van der Waals surface area contributed by atoms with Crippen LogP contribution in [-0.4, -0.2) is 0 Å². The number of hydrogen-bond acceptors (Lipinski definition) is 0. The van der Waals surface area contributed by atoms with Gasteiger partial charge in [0.2, 0.25) is 0 Å². The van der Waals surface area contributed by atoms with E-state index in [4.69, 9.17) is 0 Å². The Balaban J connectivity index is 1.89. The molecule has 0 heteroatoms. The summed E-state index contributed by atoms with van der Waals surface area (Å²) in [4.78, 5) is 0. The Morgan fingerprint density at radius 3 is 1.57 bits per heavy atom. The van der Waals surface area contributed by atoms with Crippen LogP contribution >= 0.6 is 0 Å². The first-order chi connectivity index (χ1) is 11.2. The van der Waals surface area contributed by atoms with E-state index in [-0.39, 0.29) is 0 Å². The van der Waals surface area contributed by atoms with Crippen LogP contribution in [-0.2, 0) is 12.8 Å². The van der Waals surface area contributed by atoms with Gasteiger partial charge in [0.05, 0.1) is 0 Å². The third kappa shape index (κ3) is 3.37. The summed E-state index contributed by atoms with van der Waals surface area (Å²) in [6.07, 6.45) is 2.18. The maximum atomic E-state index is 2.30. The van der Waals surface area contributed by atoms with Gasteiger partial charge in [-0.15, -0.1) is 0 Å². The van der Waals surface area contributed by atoms with E-state index >= 15 is 0 Å². The van der Waals surface area contributed by atoms with Crippen molar-refractivity contribution < 1.29 is 0 Å². The standard InChI is InChI=1S/C23H24/c1-4-18-6-9-20(10-7-18)21-11-13-22(14-12-21)23-15-8-19(5-2)16-17(23)3/h6-16H,4-5H2,1-3H3. The van der Waals surface area contributed by atoms with Gasteiger partial charge in [0.15, 0.2) is 0 Å². The summed E-state index contributed by atoms with van der Waals surface area (Å²) in [5.74, 6) is 0. The number of rotatable bonds is 4. The summed E-state index contributed by atoms with van der Waals surface area (Å²) in [6.45, 7) is 6.59. The van der Waals surface area contributed by atoms with Crippen LogP contribution in [0, 0.1) is 6.92 Å². The fourth-order valence-corrected chi connectivity index (χ4v) is 3.04. The molecule has 0 amide bonds. The summed E-state index contributed by atoms with van der Waals surface area (Å²) < 4.78 is 0. The van der Waals surface area contributed by atoms with Crippen LogP contribution in [0.1, 0.15) is 30.5 Å². The van der Waals surface area contributed by atoms with Crippen LogP contribution < -0.4 is 0 Å². The van der Waals surface area contributed by atoms with Crippen LogP contribution in [0.15, 0.2) is 66.7 Å². The SMILES string of the molecule is CCc1ccc(-c2ccc(-c3ccc(CC)cc3C)cc2)cc1. The van der Waals surface area contributed by atoms with Crippen molar-refractivity contribution in [3.8, 4) is 22.3 Å². The van der Waals surface area contributed by atoms with E-state index < -0.39 is 0 Å². The minimum atomic E-state index is 1.09. The first kappa shape index (κ1) is 15.6. The molecule has 23 heavy (non-hydrogen) atoms. The van der Waals surface area contributed by atoms with E-state index in [0.717, 1.165) is 12.8 Å². The molecule has 116 valence electrons. The molecule has 0 atom stereocenters. The largest absolute Gasteiger partial charge is 0.0613 e. The topological polar surface area (TPSA) is 0 Å². The van der Waals surface area contributed by atoms with Crippen LogP contribution in [0.4, 0.5) is 0 Å². The van der Waals surface area contributed by atoms with Crippen molar-refractivity contribution in [3.05, 3.63) is 83.4 Å². The number of aryl methyl sites for hydroxylation is 3. The molecule has 0 unspecified atom stereocenters. The Morgan fingerprint density at radius 2 is 1.04 bits per heavy atom. The average molecular weight is 300 g/mol. The Labute approximate surface area is 139 Å². The van der Waals surface area contributed by atoms with Crippen LogP contribution in [0.5, 0.6) is 0 Å². The fraction of sp³-hybridized carbons (Fsp3) is 0.217. The van der Waals surface area contributed by atoms with Gasteiger partial charge in [0.25, 0.3) is 0 Å². The summed E-state index contributed by atoms with van der Waals surface area (Å²) >= 11 is 0. The normalized spacial score (nSPS) is 10.7. The molecule has 0 fully saturated rings. The molecule has 0 saturated carbocycles. The van der Waals surface area contributed by atoms with Crippen molar-refractivity contribution in [1.82, 2.24) is 0 Å². The van der Waals surface area contributed by atoms with Gasteiger partial charge < -0.3 is 0 Å². The Bertz CT molecular complexity index is 777. The van der Waals surface area contributed by atoms with E-state index in [2.05, 4.69) is 87.5 Å². The first-order valence-corrected chi connectivity index (χ1v) is 8.50. The van der Waals surface area contributed by atoms with Gasteiger partial charge in [0.1, 0.15) is 0 Å². The van der Waals surface area contributed by atoms with Crippen molar-refractivity contribution in [2.75, 3.05) is 0 Å². The summed E-state index contributed by atoms with van der Waals surface area (Å²) in [6, 6.07) is 24.6. The maximum Gasteiger partial charge on any atom is -0.0155 e. The number of benzene rings is 3. The quantitative estimate of drug-likeness (QED) is 0.519. The smallest absolute Gasteiger partial charge is 0.0155 e. The lowest BCUT2D eigenvalue weighted by atomic mass is 9.95. The molecule has 0 aromatic heterocycles. The average Bonchev–Trinajstić information content (AvgIpc) is 2.62. The third-order valence-corrected chi connectivity index (χ3v) is 4.59. The van der Waals surface area contributed by atoms with Crippen molar-refractivity contribution in [3.63, 3.8) is 0 Å². The zero-order valence-corrected chi connectivity index (χ0v) is 14.3. The zero-order valence-electron chi connectivity index (χ0n) is 14.3. The molecular weight excluding hydrogens is 276 g/mol. The molecule has 0 aliphatic rings. The number of hydrogen-bond donors (Lipinski definition) is 0. The van der Waals surface area contributed by atoms with Gasteiger partial charge in [-0.25, -0.2) is 0 Å². The van der Waals surface area contributed by atoms with Crippen molar-refractivity contribution in [2.24, 2.45) is 0 Å². The molecule has 0 N–H and O–H groups in total. The second-order valence-corrected chi connectivity index (χ2v) is 6.13. The van der Waals surface area contributed by atoms with Crippen molar-refractivity contribution in [2.45, 2.75) is 33.6 Å². The second kappa shape index (κ2) is 6.83. The van der Waals surface area contributed by atoms with Crippen LogP contribution in [0.25, 0.3) is 22.3 Å². The lowest BCUT2D eigenvalue weighted by Gasteiger charge is -2.09. The van der Waals surface area contributed by atoms with Crippen LogP contribution in [0.3, 0.4) is 0 Å². The highest BCUT2D eigenvalue weighted by Crippen LogP contribution is 2.28. The van der Waals surface area contributed by atoms with E-state index in [1.165, 1.54) is 38.9 Å². The highest BCUT2D eigenvalue weighted by atomic mass is 14.1. The molecule has 3 aromatic rings. The predicted octanol–water partition coefficient (Wildman–Crippen LogP) is 6.45. The van der Waals surface area contributed by atoms with Gasteiger partial charge in [-0.1, -0.05) is 80.6 Å². The van der Waals surface area contributed by atoms with E-state index in [0.29, 0.717) is 0 Å². The van der Waals surface area contributed by atoms with Gasteiger partial charge in [-0.05, 0) is 58.7 Å². The van der Waals surface area contributed by atoms with Crippen LogP contribution in [0.2, 0.25) is 0 Å². The van der Waals surface area contributed by atoms with Crippen molar-refractivity contribution in [1.29, 1.82) is 0 Å². The Kier molecular flexibility index (Phi) is 4.62. The molecule has 0 aliphatic heterocycles. The minimum Gasteiger partial charge on any atom is -0.0613 e. The maximum absolute atomic E-state index is 2.30. The molecule has 0 aliphatic carbocycles. The monoisotopic (exact) mass is 300 g/mol. The Hall–Kier alpha value is -2.34. The van der Waals surface area contributed by atoms with Gasteiger partial charge >= 0.3 is 0 Å². The lowest BCUT2D eigenvalue weighted by Crippen LogP contribution is -1.87. The molecule has 3 aromatic carbocycles. The van der Waals surface area contributed by atoms with Crippen molar-refractivity contribution >= 4 is 0 Å². The molecule has 0 heterocycles.